The van der Waals surface area contributed by atoms with Crippen LogP contribution in [0.2, 0.25) is 0 Å². The molecule has 6 nitrogen and oxygen atoms in total. The first kappa shape index (κ1) is 21.2. The van der Waals surface area contributed by atoms with Gasteiger partial charge in [0, 0.05) is 13.1 Å². The van der Waals surface area contributed by atoms with Crippen molar-refractivity contribution in [2.24, 2.45) is 5.92 Å². The van der Waals surface area contributed by atoms with Crippen molar-refractivity contribution in [2.75, 3.05) is 22.7 Å². The van der Waals surface area contributed by atoms with Gasteiger partial charge in [0.15, 0.2) is 0 Å². The Labute approximate surface area is 172 Å². The summed E-state index contributed by atoms with van der Waals surface area (Å²) >= 11 is 0. The molecule has 0 amide bonds. The summed E-state index contributed by atoms with van der Waals surface area (Å²) in [5, 5.41) is 9.35. The quantitative estimate of drug-likeness (QED) is 0.722. The lowest BCUT2D eigenvalue weighted by molar-refractivity contribution is 0.0697. The van der Waals surface area contributed by atoms with E-state index in [0.717, 1.165) is 31.5 Å². The molecule has 1 aliphatic heterocycles. The van der Waals surface area contributed by atoms with Gasteiger partial charge in [0.2, 0.25) is 0 Å². The molecule has 0 unspecified atom stereocenters. The van der Waals surface area contributed by atoms with Crippen LogP contribution in [0.15, 0.2) is 47.4 Å². The molecule has 7 heteroatoms. The van der Waals surface area contributed by atoms with Gasteiger partial charge in [-0.1, -0.05) is 32.9 Å². The first-order valence-corrected chi connectivity index (χ1v) is 11.4. The molecule has 0 radical (unpaired) electrons. The normalized spacial score (nSPS) is 15.5. The monoisotopic (exact) mass is 416 g/mol. The molecule has 1 fully saturated rings. The van der Waals surface area contributed by atoms with E-state index in [1.165, 1.54) is 12.1 Å². The first-order chi connectivity index (χ1) is 13.7. The van der Waals surface area contributed by atoms with E-state index in [-0.39, 0.29) is 10.5 Å². The maximum absolute atomic E-state index is 13.0. The smallest absolute Gasteiger partial charge is 0.335 e. The van der Waals surface area contributed by atoms with E-state index in [1.54, 1.807) is 30.3 Å². The molecule has 0 aliphatic carbocycles. The van der Waals surface area contributed by atoms with Crippen LogP contribution in [0.4, 0.5) is 11.4 Å². The number of hydrogen-bond donors (Lipinski definition) is 2. The first-order valence-electron chi connectivity index (χ1n) is 9.92. The van der Waals surface area contributed by atoms with Crippen molar-refractivity contribution >= 4 is 27.4 Å². The summed E-state index contributed by atoms with van der Waals surface area (Å²) in [6, 6.07) is 11.4. The van der Waals surface area contributed by atoms with Gasteiger partial charge in [-0.25, -0.2) is 13.2 Å². The number of benzene rings is 2. The molecule has 156 valence electrons. The Morgan fingerprint density at radius 2 is 1.72 bits per heavy atom. The fourth-order valence-electron chi connectivity index (χ4n) is 3.51. The molecular formula is C22H28N2O4S. The van der Waals surface area contributed by atoms with Gasteiger partial charge in [-0.15, -0.1) is 0 Å². The molecular weight excluding hydrogens is 388 g/mol. The van der Waals surface area contributed by atoms with E-state index >= 15 is 0 Å². The lowest BCUT2D eigenvalue weighted by Gasteiger charge is -2.33. The average molecular weight is 417 g/mol. The van der Waals surface area contributed by atoms with Gasteiger partial charge in [0.1, 0.15) is 0 Å². The summed E-state index contributed by atoms with van der Waals surface area (Å²) in [5.74, 6) is -0.158. The van der Waals surface area contributed by atoms with Crippen LogP contribution in [0.5, 0.6) is 0 Å². The van der Waals surface area contributed by atoms with Crippen molar-refractivity contribution in [3.63, 3.8) is 0 Å². The Morgan fingerprint density at radius 3 is 2.28 bits per heavy atom. The van der Waals surface area contributed by atoms with Crippen molar-refractivity contribution in [3.05, 3.63) is 53.6 Å². The Morgan fingerprint density at radius 1 is 1.10 bits per heavy atom. The predicted molar refractivity (Wildman–Crippen MR) is 115 cm³/mol. The Kier molecular flexibility index (Phi) is 6.17. The standard InChI is InChI=1S/C22H28N2O4S/c1-15(2)17-4-7-19(8-5-17)29(27,28)23-20-14-18(22(25)26)6-9-21(20)24-12-10-16(3)11-13-24/h4-9,14-16,23H,10-13H2,1-3H3,(H,25,26). The zero-order valence-electron chi connectivity index (χ0n) is 17.1. The predicted octanol–water partition coefficient (Wildman–Crippen LogP) is 4.55. The molecule has 2 aromatic rings. The number of rotatable bonds is 6. The van der Waals surface area contributed by atoms with Crippen LogP contribution in [0.3, 0.4) is 0 Å². The van der Waals surface area contributed by atoms with E-state index in [4.69, 9.17) is 0 Å². The van der Waals surface area contributed by atoms with Crippen molar-refractivity contribution in [1.29, 1.82) is 0 Å². The largest absolute Gasteiger partial charge is 0.478 e. The van der Waals surface area contributed by atoms with Gasteiger partial charge in [-0.2, -0.15) is 0 Å². The number of carboxylic acids is 1. The van der Waals surface area contributed by atoms with Crippen molar-refractivity contribution < 1.29 is 18.3 Å². The van der Waals surface area contributed by atoms with Gasteiger partial charge in [0.05, 0.1) is 21.8 Å². The minimum atomic E-state index is -3.84. The van der Waals surface area contributed by atoms with E-state index < -0.39 is 16.0 Å². The topological polar surface area (TPSA) is 86.7 Å². The van der Waals surface area contributed by atoms with Crippen LogP contribution < -0.4 is 9.62 Å². The highest BCUT2D eigenvalue weighted by molar-refractivity contribution is 7.92. The molecule has 1 aliphatic rings. The third-order valence-corrected chi connectivity index (χ3v) is 6.85. The van der Waals surface area contributed by atoms with Gasteiger partial charge in [-0.3, -0.25) is 4.72 Å². The molecule has 1 saturated heterocycles. The number of nitrogens with one attached hydrogen (secondary N) is 1. The summed E-state index contributed by atoms with van der Waals surface area (Å²) in [4.78, 5) is 13.7. The van der Waals surface area contributed by atoms with Crippen LogP contribution >= 0.6 is 0 Å². The van der Waals surface area contributed by atoms with Gasteiger partial charge in [0.25, 0.3) is 10.0 Å². The van der Waals surface area contributed by atoms with E-state index in [1.807, 2.05) is 13.8 Å². The maximum atomic E-state index is 13.0. The van der Waals surface area contributed by atoms with Crippen LogP contribution in [0.1, 0.15) is 55.5 Å². The van der Waals surface area contributed by atoms with Crippen molar-refractivity contribution in [3.8, 4) is 0 Å². The summed E-state index contributed by atoms with van der Waals surface area (Å²) in [5.41, 5.74) is 2.11. The van der Waals surface area contributed by atoms with E-state index in [9.17, 15) is 18.3 Å². The van der Waals surface area contributed by atoms with Gasteiger partial charge < -0.3 is 10.0 Å². The molecule has 0 spiro atoms. The number of nitrogens with zero attached hydrogens (tertiary/aromatic N) is 1. The number of anilines is 2. The molecule has 3 rings (SSSR count). The number of hydrogen-bond acceptors (Lipinski definition) is 4. The Hall–Kier alpha value is -2.54. The van der Waals surface area contributed by atoms with Crippen LogP contribution in [-0.4, -0.2) is 32.6 Å². The Bertz CT molecular complexity index is 976. The number of sulfonamides is 1. The summed E-state index contributed by atoms with van der Waals surface area (Å²) in [7, 11) is -3.84. The van der Waals surface area contributed by atoms with E-state index in [2.05, 4.69) is 16.5 Å². The zero-order valence-corrected chi connectivity index (χ0v) is 17.9. The minimum absolute atomic E-state index is 0.0481. The van der Waals surface area contributed by atoms with Gasteiger partial charge in [-0.05, 0) is 60.6 Å². The summed E-state index contributed by atoms with van der Waals surface area (Å²) in [6.45, 7) is 7.92. The molecule has 0 aromatic heterocycles. The lowest BCUT2D eigenvalue weighted by Crippen LogP contribution is -2.33. The molecule has 29 heavy (non-hydrogen) atoms. The zero-order chi connectivity index (χ0) is 21.2. The molecule has 2 N–H and O–H groups in total. The third kappa shape index (κ3) is 4.90. The number of carboxylic acid groups (broad SMARTS) is 1. The fourth-order valence-corrected chi connectivity index (χ4v) is 4.58. The number of aromatic carboxylic acids is 1. The van der Waals surface area contributed by atoms with Gasteiger partial charge >= 0.3 is 5.97 Å². The highest BCUT2D eigenvalue weighted by Gasteiger charge is 2.23. The van der Waals surface area contributed by atoms with Crippen molar-refractivity contribution in [2.45, 2.75) is 44.4 Å². The second kappa shape index (κ2) is 8.45. The second-order valence-electron chi connectivity index (χ2n) is 8.04. The third-order valence-electron chi connectivity index (χ3n) is 5.47. The average Bonchev–Trinajstić information content (AvgIpc) is 2.68. The minimum Gasteiger partial charge on any atom is -0.478 e. The molecule has 0 saturated carbocycles. The lowest BCUT2D eigenvalue weighted by atomic mass is 9.98. The number of carbonyl (C=O) groups is 1. The second-order valence-corrected chi connectivity index (χ2v) is 9.72. The summed E-state index contributed by atoms with van der Waals surface area (Å²) < 4.78 is 28.6. The molecule has 1 heterocycles. The molecule has 2 aromatic carbocycles. The summed E-state index contributed by atoms with van der Waals surface area (Å²) in [6.07, 6.45) is 2.03. The highest BCUT2D eigenvalue weighted by Crippen LogP contribution is 2.32. The van der Waals surface area contributed by atoms with Crippen LogP contribution in [0.25, 0.3) is 0 Å². The maximum Gasteiger partial charge on any atom is 0.335 e. The molecule has 0 atom stereocenters. The number of piperidine rings is 1. The molecule has 0 bridgehead atoms. The fraction of sp³-hybridized carbons (Fsp3) is 0.409. The van der Waals surface area contributed by atoms with E-state index in [0.29, 0.717) is 23.2 Å². The van der Waals surface area contributed by atoms with Crippen molar-refractivity contribution in [1.82, 2.24) is 0 Å². The van der Waals surface area contributed by atoms with Crippen LogP contribution in [-0.2, 0) is 10.0 Å². The highest BCUT2D eigenvalue weighted by atomic mass is 32.2. The van der Waals surface area contributed by atoms with Crippen LogP contribution in [0, 0.1) is 5.92 Å². The SMILES string of the molecule is CC1CCN(c2ccc(C(=O)O)cc2NS(=O)(=O)c2ccc(C(C)C)cc2)CC1. The Balaban J connectivity index is 1.95.